The summed E-state index contributed by atoms with van der Waals surface area (Å²) in [6.07, 6.45) is 1.90. The number of benzene rings is 2. The number of hydrogen-bond donors (Lipinski definition) is 1. The fourth-order valence-electron chi connectivity index (χ4n) is 4.16. The second-order valence-corrected chi connectivity index (χ2v) is 9.75. The van der Waals surface area contributed by atoms with Gasteiger partial charge in [0.1, 0.15) is 5.75 Å². The Morgan fingerprint density at radius 2 is 2.12 bits per heavy atom. The minimum atomic E-state index is -0.000460. The van der Waals surface area contributed by atoms with E-state index >= 15 is 0 Å². The quantitative estimate of drug-likeness (QED) is 0.433. The first kappa shape index (κ1) is 24.3. The van der Waals surface area contributed by atoms with Crippen LogP contribution in [0.15, 0.2) is 53.1 Å². The summed E-state index contributed by atoms with van der Waals surface area (Å²) >= 11 is 1.85. The Labute approximate surface area is 205 Å². The second-order valence-electron chi connectivity index (χ2n) is 8.65. The van der Waals surface area contributed by atoms with E-state index in [0.29, 0.717) is 31.3 Å². The fraction of sp³-hybridized carbons (Fsp3) is 0.423. The number of nitrogens with one attached hydrogen (secondary N) is 1. The number of amides is 1. The maximum absolute atomic E-state index is 12.7. The van der Waals surface area contributed by atoms with Crippen molar-refractivity contribution in [3.05, 3.63) is 65.5 Å². The minimum absolute atomic E-state index is 0.000460. The van der Waals surface area contributed by atoms with E-state index in [4.69, 9.17) is 9.26 Å². The van der Waals surface area contributed by atoms with Crippen LogP contribution in [-0.4, -0.2) is 53.4 Å². The molecule has 2 aromatic carbocycles. The lowest BCUT2D eigenvalue weighted by Gasteiger charge is -2.30. The van der Waals surface area contributed by atoms with Crippen molar-refractivity contribution in [1.29, 1.82) is 0 Å². The summed E-state index contributed by atoms with van der Waals surface area (Å²) in [6, 6.07) is 16.1. The largest absolute Gasteiger partial charge is 0.497 e. The molecule has 1 aromatic heterocycles. The highest BCUT2D eigenvalue weighted by atomic mass is 32.2. The number of rotatable bonds is 10. The Bertz CT molecular complexity index is 1070. The molecule has 0 radical (unpaired) electrons. The van der Waals surface area contributed by atoms with E-state index in [2.05, 4.69) is 51.5 Å². The van der Waals surface area contributed by atoms with Crippen LogP contribution < -0.4 is 10.1 Å². The summed E-state index contributed by atoms with van der Waals surface area (Å²) < 4.78 is 10.7. The third-order valence-corrected chi connectivity index (χ3v) is 6.98. The zero-order chi connectivity index (χ0) is 23.8. The monoisotopic (exact) mass is 480 g/mol. The van der Waals surface area contributed by atoms with Crippen LogP contribution in [0.4, 0.5) is 0 Å². The highest BCUT2D eigenvalue weighted by molar-refractivity contribution is 7.98. The normalized spacial score (nSPS) is 16.4. The molecule has 1 amide bonds. The van der Waals surface area contributed by atoms with Gasteiger partial charge in [0.25, 0.3) is 0 Å². The first-order valence-corrected chi connectivity index (χ1v) is 12.9. The van der Waals surface area contributed by atoms with Crippen LogP contribution in [0.5, 0.6) is 5.75 Å². The summed E-state index contributed by atoms with van der Waals surface area (Å²) in [6.45, 7) is 5.00. The summed E-state index contributed by atoms with van der Waals surface area (Å²) in [5, 5.41) is 7.23. The minimum Gasteiger partial charge on any atom is -0.497 e. The van der Waals surface area contributed by atoms with Gasteiger partial charge in [-0.05, 0) is 56.1 Å². The van der Waals surface area contributed by atoms with Gasteiger partial charge in [-0.15, -0.1) is 0 Å². The van der Waals surface area contributed by atoms with Crippen LogP contribution in [0.25, 0.3) is 11.4 Å². The fourth-order valence-corrected chi connectivity index (χ4v) is 4.97. The first-order chi connectivity index (χ1) is 16.6. The van der Waals surface area contributed by atoms with Gasteiger partial charge in [-0.3, -0.25) is 9.69 Å². The molecule has 4 rings (SSSR count). The van der Waals surface area contributed by atoms with Crippen LogP contribution in [0.1, 0.15) is 29.9 Å². The Kier molecular flexibility index (Phi) is 8.60. The number of aromatic nitrogens is 2. The third-order valence-electron chi connectivity index (χ3n) is 5.95. The van der Waals surface area contributed by atoms with Crippen molar-refractivity contribution in [2.75, 3.05) is 32.5 Å². The molecular weight excluding hydrogens is 448 g/mol. The second kappa shape index (κ2) is 12.0. The molecule has 1 aliphatic rings. The number of piperidine rings is 1. The number of hydrogen-bond acceptors (Lipinski definition) is 7. The Morgan fingerprint density at radius 3 is 2.91 bits per heavy atom. The third kappa shape index (κ3) is 6.84. The Hall–Kier alpha value is -2.84. The van der Waals surface area contributed by atoms with Crippen molar-refractivity contribution in [2.45, 2.75) is 32.1 Å². The number of aryl methyl sites for hydroxylation is 1. The Balaban J connectivity index is 1.20. The zero-order valence-electron chi connectivity index (χ0n) is 19.8. The summed E-state index contributed by atoms with van der Waals surface area (Å²) in [7, 11) is 1.64. The number of methoxy groups -OCH3 is 1. The molecule has 1 unspecified atom stereocenters. The van der Waals surface area contributed by atoms with Crippen LogP contribution in [-0.2, 0) is 17.1 Å². The molecule has 0 aliphatic carbocycles. The standard InChI is InChI=1S/C26H32N4O3S/c1-19-5-3-6-20(15-19)18-34-14-12-27-26(31)22-7-4-13-30(16-22)17-24-28-25(29-33-24)21-8-10-23(32-2)11-9-21/h3,5-6,8-11,15,22H,4,7,12-14,16-18H2,1-2H3,(H,27,31). The SMILES string of the molecule is COc1ccc(-c2noc(CN3CCCC(C(=O)NCCSCc4cccc(C)c4)C3)n2)cc1. The number of carbonyl (C=O) groups is 1. The predicted octanol–water partition coefficient (Wildman–Crippen LogP) is 4.32. The van der Waals surface area contributed by atoms with Crippen molar-refractivity contribution in [3.63, 3.8) is 0 Å². The first-order valence-electron chi connectivity index (χ1n) is 11.7. The number of carbonyl (C=O) groups excluding carboxylic acids is 1. The van der Waals surface area contributed by atoms with Crippen LogP contribution in [0.3, 0.4) is 0 Å². The van der Waals surface area contributed by atoms with Gasteiger partial charge in [-0.25, -0.2) is 0 Å². The molecule has 2 heterocycles. The number of ether oxygens (including phenoxy) is 1. The van der Waals surface area contributed by atoms with Gasteiger partial charge in [-0.2, -0.15) is 16.7 Å². The Morgan fingerprint density at radius 1 is 1.26 bits per heavy atom. The molecule has 34 heavy (non-hydrogen) atoms. The molecule has 1 saturated heterocycles. The van der Waals surface area contributed by atoms with E-state index in [1.54, 1.807) is 7.11 Å². The molecule has 1 fully saturated rings. The molecule has 0 spiro atoms. The predicted molar refractivity (Wildman–Crippen MR) is 135 cm³/mol. The lowest BCUT2D eigenvalue weighted by Crippen LogP contribution is -2.43. The maximum atomic E-state index is 12.7. The molecule has 0 saturated carbocycles. The number of likely N-dealkylation sites (tertiary alicyclic amines) is 1. The molecule has 3 aromatic rings. The summed E-state index contributed by atoms with van der Waals surface area (Å²) in [4.78, 5) is 19.5. The topological polar surface area (TPSA) is 80.5 Å². The van der Waals surface area contributed by atoms with Crippen LogP contribution in [0.2, 0.25) is 0 Å². The van der Waals surface area contributed by atoms with E-state index < -0.39 is 0 Å². The molecule has 1 atom stereocenters. The van der Waals surface area contributed by atoms with E-state index in [1.165, 1.54) is 11.1 Å². The van der Waals surface area contributed by atoms with Gasteiger partial charge in [0.2, 0.25) is 17.6 Å². The lowest BCUT2D eigenvalue weighted by molar-refractivity contribution is -0.126. The molecule has 180 valence electrons. The average molecular weight is 481 g/mol. The van der Waals surface area contributed by atoms with Crippen LogP contribution in [0, 0.1) is 12.8 Å². The summed E-state index contributed by atoms with van der Waals surface area (Å²) in [5.41, 5.74) is 3.49. The summed E-state index contributed by atoms with van der Waals surface area (Å²) in [5.74, 6) is 3.94. The highest BCUT2D eigenvalue weighted by Gasteiger charge is 2.26. The molecule has 1 N–H and O–H groups in total. The van der Waals surface area contributed by atoms with Gasteiger partial charge in [0, 0.05) is 30.2 Å². The van der Waals surface area contributed by atoms with Crippen molar-refractivity contribution >= 4 is 17.7 Å². The molecule has 8 heteroatoms. The molecular formula is C26H32N4O3S. The van der Waals surface area contributed by atoms with Gasteiger partial charge in [0.15, 0.2) is 0 Å². The lowest BCUT2D eigenvalue weighted by atomic mass is 9.97. The van der Waals surface area contributed by atoms with Gasteiger partial charge in [-0.1, -0.05) is 35.0 Å². The van der Waals surface area contributed by atoms with Gasteiger partial charge >= 0.3 is 0 Å². The maximum Gasteiger partial charge on any atom is 0.241 e. The molecule has 1 aliphatic heterocycles. The number of thioether (sulfide) groups is 1. The number of nitrogens with zero attached hydrogens (tertiary/aromatic N) is 3. The van der Waals surface area contributed by atoms with Gasteiger partial charge in [0.05, 0.1) is 19.6 Å². The molecule has 0 bridgehead atoms. The van der Waals surface area contributed by atoms with Crippen molar-refractivity contribution in [2.24, 2.45) is 5.92 Å². The molecule has 7 nitrogen and oxygen atoms in total. The van der Waals surface area contributed by atoms with E-state index in [1.807, 2.05) is 36.0 Å². The highest BCUT2D eigenvalue weighted by Crippen LogP contribution is 2.22. The van der Waals surface area contributed by atoms with Crippen molar-refractivity contribution in [3.8, 4) is 17.1 Å². The van der Waals surface area contributed by atoms with Crippen molar-refractivity contribution in [1.82, 2.24) is 20.4 Å². The van der Waals surface area contributed by atoms with Crippen molar-refractivity contribution < 1.29 is 14.1 Å². The van der Waals surface area contributed by atoms with Crippen LogP contribution >= 0.6 is 11.8 Å². The van der Waals surface area contributed by atoms with Gasteiger partial charge < -0.3 is 14.6 Å². The van der Waals surface area contributed by atoms with E-state index in [0.717, 1.165) is 42.2 Å². The van der Waals surface area contributed by atoms with E-state index in [9.17, 15) is 4.79 Å². The smallest absolute Gasteiger partial charge is 0.241 e. The van der Waals surface area contributed by atoms with E-state index in [-0.39, 0.29) is 11.8 Å². The average Bonchev–Trinajstić information content (AvgIpc) is 3.32. The zero-order valence-corrected chi connectivity index (χ0v) is 20.6.